The molecule has 1 aliphatic heterocycles. The fourth-order valence-corrected chi connectivity index (χ4v) is 5.24. The van der Waals surface area contributed by atoms with Gasteiger partial charge in [0.1, 0.15) is 18.5 Å². The minimum absolute atomic E-state index is 0.0214. The van der Waals surface area contributed by atoms with E-state index < -0.39 is 25.8 Å². The number of halogens is 3. The first-order valence-corrected chi connectivity index (χ1v) is 11.2. The Morgan fingerprint density at radius 2 is 1.61 bits per heavy atom. The molecule has 1 aliphatic rings. The Kier molecular flexibility index (Phi) is 6.59. The molecule has 31 heavy (non-hydrogen) atoms. The number of hydrogen-bond donors (Lipinski definition) is 1. The average Bonchev–Trinajstić information content (AvgIpc) is 2.73. The number of hydrogen-bond acceptors (Lipinski definition) is 4. The van der Waals surface area contributed by atoms with E-state index >= 15 is 0 Å². The molecule has 0 amide bonds. The fraction of sp³-hybridized carbons (Fsp3) is 0.273. The summed E-state index contributed by atoms with van der Waals surface area (Å²) in [4.78, 5) is 0. The number of nitrogens with zero attached hydrogens (tertiary/aromatic N) is 1. The Bertz CT molecular complexity index is 1080. The highest BCUT2D eigenvalue weighted by Gasteiger charge is 2.50. The van der Waals surface area contributed by atoms with Gasteiger partial charge in [0.2, 0.25) is 0 Å². The third-order valence-corrected chi connectivity index (χ3v) is 7.25. The molecule has 1 heterocycles. The fourth-order valence-electron chi connectivity index (χ4n) is 3.55. The summed E-state index contributed by atoms with van der Waals surface area (Å²) in [5.74, 6) is -1.18. The molecule has 0 aromatic heterocycles. The lowest BCUT2D eigenvalue weighted by atomic mass is 10.0. The van der Waals surface area contributed by atoms with Gasteiger partial charge in [-0.05, 0) is 35.8 Å². The molecule has 166 valence electrons. The van der Waals surface area contributed by atoms with Crippen LogP contribution >= 0.6 is 0 Å². The van der Waals surface area contributed by atoms with Crippen LogP contribution < -0.4 is 14.4 Å². The first-order valence-electron chi connectivity index (χ1n) is 9.57. The van der Waals surface area contributed by atoms with Gasteiger partial charge in [-0.25, -0.2) is 0 Å². The van der Waals surface area contributed by atoms with Crippen LogP contribution in [-0.2, 0) is 16.4 Å². The minimum Gasteiger partial charge on any atom is -0.497 e. The van der Waals surface area contributed by atoms with Crippen molar-refractivity contribution in [2.45, 2.75) is 12.6 Å². The molecule has 0 fully saturated rings. The summed E-state index contributed by atoms with van der Waals surface area (Å²) in [7, 11) is -3.08. The molecule has 0 saturated carbocycles. The van der Waals surface area contributed by atoms with E-state index in [9.17, 15) is 21.6 Å². The van der Waals surface area contributed by atoms with E-state index in [1.54, 1.807) is 43.5 Å². The van der Waals surface area contributed by atoms with Crippen molar-refractivity contribution >= 4 is 15.7 Å². The Balaban J connectivity index is 1.96. The lowest BCUT2D eigenvalue weighted by molar-refractivity contribution is -0.106. The number of rotatable bonds is 7. The Labute approximate surface area is 179 Å². The van der Waals surface area contributed by atoms with Crippen LogP contribution in [-0.4, -0.2) is 40.5 Å². The maximum atomic E-state index is 13.1. The Morgan fingerprint density at radius 3 is 2.13 bits per heavy atom. The van der Waals surface area contributed by atoms with Crippen molar-refractivity contribution in [2.24, 2.45) is 5.73 Å². The summed E-state index contributed by atoms with van der Waals surface area (Å²) >= 11 is 0. The van der Waals surface area contributed by atoms with Crippen LogP contribution in [0.15, 0.2) is 72.5 Å². The van der Waals surface area contributed by atoms with E-state index in [0.717, 1.165) is 16.9 Å². The van der Waals surface area contributed by atoms with Gasteiger partial charge in [0, 0.05) is 24.3 Å². The molecule has 0 radical (unpaired) electrons. The number of benzene rings is 2. The zero-order valence-corrected chi connectivity index (χ0v) is 17.8. The van der Waals surface area contributed by atoms with Crippen LogP contribution in [0.1, 0.15) is 11.1 Å². The molecule has 3 rings (SSSR count). The summed E-state index contributed by atoms with van der Waals surface area (Å²) in [5.41, 5.74) is 8.26. The van der Waals surface area contributed by atoms with Crippen LogP contribution in [0.5, 0.6) is 5.75 Å². The van der Waals surface area contributed by atoms with E-state index in [0.29, 0.717) is 12.0 Å². The average molecular weight is 454 g/mol. The second-order valence-electron chi connectivity index (χ2n) is 7.32. The maximum absolute atomic E-state index is 13.1. The molecule has 0 spiro atoms. The standard InChI is InChI=1S/C22H24F3N2O3S/c1-30-21-10-6-18(7-11-21)13-17-4-8-20(9-5-17)27(12-2-3-19(14-26)15-27)31(28,29)16-22(23,24)25/h2-11,15H,12-14,16,26H2,1H3/q+1. The van der Waals surface area contributed by atoms with Crippen molar-refractivity contribution in [1.82, 2.24) is 3.89 Å². The highest BCUT2D eigenvalue weighted by atomic mass is 32.2. The Morgan fingerprint density at radius 1 is 1.03 bits per heavy atom. The molecule has 0 bridgehead atoms. The van der Waals surface area contributed by atoms with Crippen molar-refractivity contribution in [3.8, 4) is 5.75 Å². The largest absolute Gasteiger partial charge is 0.497 e. The van der Waals surface area contributed by atoms with E-state index in [2.05, 4.69) is 0 Å². The molecule has 9 heteroatoms. The lowest BCUT2D eigenvalue weighted by Crippen LogP contribution is -2.54. The van der Waals surface area contributed by atoms with Crippen molar-refractivity contribution in [2.75, 3.05) is 26.0 Å². The summed E-state index contributed by atoms with van der Waals surface area (Å²) in [6, 6.07) is 14.1. The van der Waals surface area contributed by atoms with Gasteiger partial charge in [-0.15, -0.1) is 0 Å². The smallest absolute Gasteiger partial charge is 0.408 e. The maximum Gasteiger partial charge on any atom is 0.408 e. The summed E-state index contributed by atoms with van der Waals surface area (Å²) in [6.07, 6.45) is 0.220. The second kappa shape index (κ2) is 8.86. The number of ether oxygens (including phenoxy) is 1. The first-order chi connectivity index (χ1) is 14.6. The SMILES string of the molecule is COc1ccc(Cc2ccc([N+]3(S(=O)(=O)CC(F)(F)F)C=C(CN)C=CC3)cc2)cc1. The monoisotopic (exact) mass is 453 g/mol. The number of nitrogens with two attached hydrogens (primary N) is 1. The predicted molar refractivity (Wildman–Crippen MR) is 115 cm³/mol. The van der Waals surface area contributed by atoms with Gasteiger partial charge >= 0.3 is 16.2 Å². The summed E-state index contributed by atoms with van der Waals surface area (Å²) < 4.78 is 69.3. The molecule has 0 saturated heterocycles. The second-order valence-corrected chi connectivity index (χ2v) is 9.43. The topological polar surface area (TPSA) is 69.4 Å². The molecular weight excluding hydrogens is 429 g/mol. The van der Waals surface area contributed by atoms with E-state index in [-0.39, 0.29) is 18.8 Å². The minimum atomic E-state index is -4.85. The van der Waals surface area contributed by atoms with E-state index in [1.165, 1.54) is 6.20 Å². The van der Waals surface area contributed by atoms with Gasteiger partial charge < -0.3 is 10.5 Å². The molecule has 2 aromatic rings. The number of methoxy groups -OCH3 is 1. The molecular formula is C22H24F3N2O3S+. The quantitative estimate of drug-likeness (QED) is 0.646. The van der Waals surface area contributed by atoms with Gasteiger partial charge in [-0.3, -0.25) is 0 Å². The molecule has 2 aromatic carbocycles. The van der Waals surface area contributed by atoms with Crippen LogP contribution in [0, 0.1) is 0 Å². The van der Waals surface area contributed by atoms with Crippen LogP contribution in [0.25, 0.3) is 0 Å². The van der Waals surface area contributed by atoms with Crippen LogP contribution in [0.4, 0.5) is 18.9 Å². The zero-order chi connectivity index (χ0) is 22.7. The highest BCUT2D eigenvalue weighted by Crippen LogP contribution is 2.35. The Hall–Kier alpha value is -2.62. The third kappa shape index (κ3) is 5.17. The zero-order valence-electron chi connectivity index (χ0n) is 17.0. The predicted octanol–water partition coefficient (Wildman–Crippen LogP) is 3.90. The van der Waals surface area contributed by atoms with Crippen molar-refractivity contribution in [3.05, 3.63) is 83.6 Å². The molecule has 1 unspecified atom stereocenters. The van der Waals surface area contributed by atoms with Crippen molar-refractivity contribution < 1.29 is 26.3 Å². The van der Waals surface area contributed by atoms with Crippen molar-refractivity contribution in [3.63, 3.8) is 0 Å². The number of alkyl halides is 3. The first kappa shape index (κ1) is 23.1. The lowest BCUT2D eigenvalue weighted by Gasteiger charge is -2.34. The van der Waals surface area contributed by atoms with Crippen LogP contribution in [0.2, 0.25) is 0 Å². The van der Waals surface area contributed by atoms with Gasteiger partial charge in [0.15, 0.2) is 11.4 Å². The van der Waals surface area contributed by atoms with Gasteiger partial charge in [-0.2, -0.15) is 25.5 Å². The highest BCUT2D eigenvalue weighted by molar-refractivity contribution is 7.91. The summed E-state index contributed by atoms with van der Waals surface area (Å²) in [6.45, 7) is -0.118. The van der Waals surface area contributed by atoms with Crippen LogP contribution in [0.3, 0.4) is 0 Å². The molecule has 0 aliphatic carbocycles. The van der Waals surface area contributed by atoms with Gasteiger partial charge in [0.05, 0.1) is 7.11 Å². The molecule has 2 N–H and O–H groups in total. The summed E-state index contributed by atoms with van der Waals surface area (Å²) in [5, 5.41) is 0. The number of sulfonamides is 1. The number of quaternary nitrogens is 1. The third-order valence-electron chi connectivity index (χ3n) is 5.10. The normalized spacial score (nSPS) is 19.2. The van der Waals surface area contributed by atoms with E-state index in [4.69, 9.17) is 10.5 Å². The van der Waals surface area contributed by atoms with Gasteiger partial charge in [0.25, 0.3) is 0 Å². The van der Waals surface area contributed by atoms with Gasteiger partial charge in [-0.1, -0.05) is 30.3 Å². The molecule has 1 atom stereocenters. The molecule has 5 nitrogen and oxygen atoms in total. The van der Waals surface area contributed by atoms with E-state index in [1.807, 2.05) is 24.3 Å². The van der Waals surface area contributed by atoms with Crippen molar-refractivity contribution in [1.29, 1.82) is 0 Å².